The van der Waals surface area contributed by atoms with Gasteiger partial charge >= 0.3 is 0 Å². The van der Waals surface area contributed by atoms with Crippen molar-refractivity contribution in [1.82, 2.24) is 15.0 Å². The minimum absolute atomic E-state index is 0.133. The van der Waals surface area contributed by atoms with E-state index in [2.05, 4.69) is 25.6 Å². The summed E-state index contributed by atoms with van der Waals surface area (Å²) in [5.41, 5.74) is 5.79. The summed E-state index contributed by atoms with van der Waals surface area (Å²) in [7, 11) is 0. The second-order valence-electron chi connectivity index (χ2n) is 6.27. The number of pyridine rings is 1. The van der Waals surface area contributed by atoms with E-state index in [-0.39, 0.29) is 5.91 Å². The number of amides is 1. The maximum atomic E-state index is 12.5. The van der Waals surface area contributed by atoms with E-state index in [1.165, 1.54) is 0 Å². The smallest absolute Gasteiger partial charge is 0.257 e. The molecule has 0 radical (unpaired) electrons. The fourth-order valence-corrected chi connectivity index (χ4v) is 3.17. The van der Waals surface area contributed by atoms with Gasteiger partial charge < -0.3 is 15.6 Å². The van der Waals surface area contributed by atoms with Crippen molar-refractivity contribution in [3.8, 4) is 22.6 Å². The maximum Gasteiger partial charge on any atom is 0.257 e. The first-order chi connectivity index (χ1) is 13.3. The summed E-state index contributed by atoms with van der Waals surface area (Å²) in [6.07, 6.45) is 5.29. The number of aromatic amines is 1. The van der Waals surface area contributed by atoms with E-state index in [0.717, 1.165) is 39.7 Å². The second kappa shape index (κ2) is 6.10. The number of para-hydroxylation sites is 2. The van der Waals surface area contributed by atoms with Crippen molar-refractivity contribution >= 4 is 23.0 Å². The molecule has 27 heavy (non-hydrogen) atoms. The predicted molar refractivity (Wildman–Crippen MR) is 105 cm³/mol. The Bertz CT molecular complexity index is 1150. The molecular formula is C21H15N5O. The molecule has 130 valence electrons. The van der Waals surface area contributed by atoms with Crippen molar-refractivity contribution in [3.05, 3.63) is 78.8 Å². The molecule has 1 aliphatic rings. The van der Waals surface area contributed by atoms with E-state index in [1.807, 2.05) is 54.6 Å². The van der Waals surface area contributed by atoms with Crippen LogP contribution in [0.25, 0.3) is 22.6 Å². The Kier molecular flexibility index (Phi) is 3.47. The van der Waals surface area contributed by atoms with Gasteiger partial charge in [0.05, 0.1) is 34.5 Å². The molecule has 4 aromatic rings. The lowest BCUT2D eigenvalue weighted by Gasteiger charge is -2.09. The van der Waals surface area contributed by atoms with Crippen molar-refractivity contribution < 1.29 is 4.79 Å². The van der Waals surface area contributed by atoms with Crippen LogP contribution in [0.3, 0.4) is 0 Å². The molecule has 6 heteroatoms. The van der Waals surface area contributed by atoms with E-state index < -0.39 is 0 Å². The van der Waals surface area contributed by atoms with E-state index in [0.29, 0.717) is 5.56 Å². The molecule has 0 atom stereocenters. The zero-order chi connectivity index (χ0) is 18.2. The first-order valence-corrected chi connectivity index (χ1v) is 8.55. The Morgan fingerprint density at radius 3 is 2.37 bits per heavy atom. The number of imidazole rings is 1. The zero-order valence-corrected chi connectivity index (χ0v) is 14.2. The number of nitrogens with zero attached hydrogens (tertiary/aromatic N) is 2. The summed E-state index contributed by atoms with van der Waals surface area (Å²) in [6.45, 7) is 0. The Labute approximate surface area is 155 Å². The highest BCUT2D eigenvalue weighted by molar-refractivity contribution is 6.12. The van der Waals surface area contributed by atoms with Crippen LogP contribution in [0.4, 0.5) is 17.1 Å². The number of carbonyl (C=O) groups is 1. The topological polar surface area (TPSA) is 82.7 Å². The van der Waals surface area contributed by atoms with Crippen LogP contribution in [0.2, 0.25) is 0 Å². The van der Waals surface area contributed by atoms with Gasteiger partial charge in [-0.15, -0.1) is 0 Å². The van der Waals surface area contributed by atoms with Crippen LogP contribution >= 0.6 is 0 Å². The average Bonchev–Trinajstić information content (AvgIpc) is 3.15. The normalized spacial score (nSPS) is 12.4. The number of H-pyrrole nitrogens is 1. The minimum Gasteiger partial charge on any atom is -0.353 e. The Hall–Kier alpha value is -3.93. The highest BCUT2D eigenvalue weighted by Gasteiger charge is 2.19. The van der Waals surface area contributed by atoms with Crippen LogP contribution in [0.1, 0.15) is 10.4 Å². The molecule has 2 aromatic carbocycles. The SMILES string of the molecule is O=C1Nc2ccccc2Nc2cc(-c3ncc(-c4ccncc4)[nH]3)ccc21. The molecule has 3 N–H and O–H groups in total. The number of aromatic nitrogens is 3. The Morgan fingerprint density at radius 1 is 0.778 bits per heavy atom. The molecule has 0 unspecified atom stereocenters. The van der Waals surface area contributed by atoms with Crippen LogP contribution in [0.5, 0.6) is 0 Å². The largest absolute Gasteiger partial charge is 0.353 e. The van der Waals surface area contributed by atoms with E-state index >= 15 is 0 Å². The van der Waals surface area contributed by atoms with Crippen molar-refractivity contribution in [3.63, 3.8) is 0 Å². The zero-order valence-electron chi connectivity index (χ0n) is 14.2. The fourth-order valence-electron chi connectivity index (χ4n) is 3.17. The summed E-state index contributed by atoms with van der Waals surface area (Å²) in [5.74, 6) is 0.607. The van der Waals surface area contributed by atoms with Crippen molar-refractivity contribution in [2.24, 2.45) is 0 Å². The molecule has 0 saturated heterocycles. The van der Waals surface area contributed by atoms with E-state index in [9.17, 15) is 4.79 Å². The van der Waals surface area contributed by atoms with Crippen LogP contribution in [-0.4, -0.2) is 20.9 Å². The summed E-state index contributed by atoms with van der Waals surface area (Å²) in [6, 6.07) is 17.1. The fraction of sp³-hybridized carbons (Fsp3) is 0. The highest BCUT2D eigenvalue weighted by Crippen LogP contribution is 2.34. The number of nitrogens with one attached hydrogen (secondary N) is 3. The number of carbonyl (C=O) groups excluding carboxylic acids is 1. The lowest BCUT2D eigenvalue weighted by atomic mass is 10.1. The summed E-state index contributed by atoms with van der Waals surface area (Å²) in [5, 5.41) is 6.28. The van der Waals surface area contributed by atoms with Gasteiger partial charge in [0.15, 0.2) is 0 Å². The number of benzene rings is 2. The second-order valence-corrected chi connectivity index (χ2v) is 6.27. The Morgan fingerprint density at radius 2 is 1.56 bits per heavy atom. The van der Waals surface area contributed by atoms with Gasteiger partial charge in [-0.1, -0.05) is 18.2 Å². The summed E-state index contributed by atoms with van der Waals surface area (Å²) < 4.78 is 0. The number of hydrogen-bond acceptors (Lipinski definition) is 4. The number of hydrogen-bond donors (Lipinski definition) is 3. The summed E-state index contributed by atoms with van der Waals surface area (Å²) in [4.78, 5) is 24.4. The lowest BCUT2D eigenvalue weighted by Crippen LogP contribution is -2.10. The maximum absolute atomic E-state index is 12.5. The number of fused-ring (bicyclic) bond motifs is 2. The molecule has 6 nitrogen and oxygen atoms in total. The van der Waals surface area contributed by atoms with E-state index in [1.54, 1.807) is 18.6 Å². The standard InChI is InChI=1S/C21H15N5O/c27-21-15-6-5-14(11-18(15)24-16-3-1-2-4-17(16)26-21)20-23-12-19(25-20)13-7-9-22-10-8-13/h1-12,24H,(H,23,25)(H,26,27). The lowest BCUT2D eigenvalue weighted by molar-refractivity contribution is 0.102. The van der Waals surface area contributed by atoms with Crippen LogP contribution in [0.15, 0.2) is 73.2 Å². The quantitative estimate of drug-likeness (QED) is 0.497. The monoisotopic (exact) mass is 353 g/mol. The van der Waals surface area contributed by atoms with Crippen molar-refractivity contribution in [2.75, 3.05) is 10.6 Å². The molecule has 1 aliphatic heterocycles. The third-order valence-corrected chi connectivity index (χ3v) is 4.55. The van der Waals surface area contributed by atoms with Gasteiger partial charge in [-0.3, -0.25) is 9.78 Å². The van der Waals surface area contributed by atoms with Gasteiger partial charge in [0, 0.05) is 23.5 Å². The van der Waals surface area contributed by atoms with Crippen molar-refractivity contribution in [1.29, 1.82) is 0 Å². The van der Waals surface area contributed by atoms with Gasteiger partial charge in [0.25, 0.3) is 5.91 Å². The molecule has 2 aromatic heterocycles. The van der Waals surface area contributed by atoms with Gasteiger partial charge in [0.2, 0.25) is 0 Å². The van der Waals surface area contributed by atoms with Crippen LogP contribution in [0, 0.1) is 0 Å². The van der Waals surface area contributed by atoms with Crippen molar-refractivity contribution in [2.45, 2.75) is 0 Å². The molecule has 0 fully saturated rings. The first kappa shape index (κ1) is 15.3. The van der Waals surface area contributed by atoms with E-state index in [4.69, 9.17) is 0 Å². The third-order valence-electron chi connectivity index (χ3n) is 4.55. The first-order valence-electron chi connectivity index (χ1n) is 8.55. The molecule has 1 amide bonds. The van der Waals surface area contributed by atoms with Crippen LogP contribution in [-0.2, 0) is 0 Å². The molecule has 0 spiro atoms. The molecule has 0 bridgehead atoms. The highest BCUT2D eigenvalue weighted by atomic mass is 16.1. The van der Waals surface area contributed by atoms with Gasteiger partial charge in [-0.25, -0.2) is 4.98 Å². The molecule has 3 heterocycles. The third kappa shape index (κ3) is 2.73. The minimum atomic E-state index is -0.133. The average molecular weight is 353 g/mol. The predicted octanol–water partition coefficient (Wildman–Crippen LogP) is 4.45. The molecular weight excluding hydrogens is 338 g/mol. The molecule has 0 aliphatic carbocycles. The van der Waals surface area contributed by atoms with Crippen LogP contribution < -0.4 is 10.6 Å². The van der Waals surface area contributed by atoms with Gasteiger partial charge in [-0.2, -0.15) is 0 Å². The number of rotatable bonds is 2. The van der Waals surface area contributed by atoms with Gasteiger partial charge in [0.1, 0.15) is 5.82 Å². The number of anilines is 3. The Balaban J connectivity index is 1.55. The van der Waals surface area contributed by atoms with Gasteiger partial charge in [-0.05, 0) is 36.4 Å². The molecule has 5 rings (SSSR count). The molecule has 0 saturated carbocycles. The summed E-state index contributed by atoms with van der Waals surface area (Å²) >= 11 is 0.